The molecule has 0 unspecified atom stereocenters. The topological polar surface area (TPSA) is 35.5 Å². The van der Waals surface area contributed by atoms with Crippen LogP contribution in [0, 0.1) is 0 Å². The standard InChI is InChI=1S/C28H38O3Si/c1-5-14-23-15-12-16-24(17-13-22-27(29)30-23)31-32(28(2,3)4,25-18-8-6-9-19-25)26-20-10-7-11-21-26/h6-12,16,18-21,23-24H,5,13-15,17,22H2,1-4H3/b16-12+/t23-,24-/m0/s1. The van der Waals surface area contributed by atoms with E-state index in [1.807, 2.05) is 0 Å². The number of cyclic esters (lactones) is 1. The average Bonchev–Trinajstić information content (AvgIpc) is 2.77. The molecule has 0 aliphatic carbocycles. The third-order valence-electron chi connectivity index (χ3n) is 6.27. The number of rotatable bonds is 6. The summed E-state index contributed by atoms with van der Waals surface area (Å²) in [5.41, 5.74) is 0. The molecule has 1 aliphatic rings. The molecule has 0 bridgehead atoms. The number of esters is 1. The first-order valence-electron chi connectivity index (χ1n) is 12.0. The molecule has 2 atom stereocenters. The molecule has 2 aromatic carbocycles. The third kappa shape index (κ3) is 5.79. The van der Waals surface area contributed by atoms with E-state index < -0.39 is 8.32 Å². The van der Waals surface area contributed by atoms with Crippen LogP contribution in [0.5, 0.6) is 0 Å². The molecule has 0 spiro atoms. The molecule has 0 aromatic heterocycles. The Morgan fingerprint density at radius 2 is 1.59 bits per heavy atom. The van der Waals surface area contributed by atoms with Crippen molar-refractivity contribution < 1.29 is 14.0 Å². The monoisotopic (exact) mass is 450 g/mol. The molecule has 1 heterocycles. The SMILES string of the molecule is CCC[C@H]1C/C=C/[C@H](O[Si](c2ccccc2)(c2ccccc2)C(C)(C)C)CCCC(=O)O1. The van der Waals surface area contributed by atoms with Crippen LogP contribution in [0.25, 0.3) is 0 Å². The van der Waals surface area contributed by atoms with E-state index in [4.69, 9.17) is 9.16 Å². The highest BCUT2D eigenvalue weighted by atomic mass is 28.4. The number of ether oxygens (including phenoxy) is 1. The van der Waals surface area contributed by atoms with Gasteiger partial charge in [0, 0.05) is 12.8 Å². The minimum absolute atomic E-state index is 0.0321. The van der Waals surface area contributed by atoms with Crippen molar-refractivity contribution in [1.29, 1.82) is 0 Å². The Hall–Kier alpha value is -2.17. The molecule has 172 valence electrons. The fraction of sp³-hybridized carbons (Fsp3) is 0.464. The van der Waals surface area contributed by atoms with Crippen LogP contribution in [-0.2, 0) is 14.0 Å². The Labute approximate surface area is 195 Å². The zero-order chi connectivity index (χ0) is 23.0. The Kier molecular flexibility index (Phi) is 8.49. The smallest absolute Gasteiger partial charge is 0.306 e. The van der Waals surface area contributed by atoms with Crippen molar-refractivity contribution in [2.75, 3.05) is 0 Å². The van der Waals surface area contributed by atoms with Gasteiger partial charge in [-0.2, -0.15) is 0 Å². The molecule has 3 rings (SSSR count). The first-order chi connectivity index (χ1) is 15.4. The summed E-state index contributed by atoms with van der Waals surface area (Å²) in [4.78, 5) is 12.3. The lowest BCUT2D eigenvalue weighted by Crippen LogP contribution is -2.67. The van der Waals surface area contributed by atoms with Crippen molar-refractivity contribution in [2.45, 2.75) is 83.5 Å². The summed E-state index contributed by atoms with van der Waals surface area (Å²) >= 11 is 0. The molecule has 0 saturated heterocycles. The van der Waals surface area contributed by atoms with Crippen LogP contribution in [0.4, 0.5) is 0 Å². The van der Waals surface area contributed by atoms with Gasteiger partial charge >= 0.3 is 5.97 Å². The van der Waals surface area contributed by atoms with Gasteiger partial charge in [0.1, 0.15) is 6.10 Å². The van der Waals surface area contributed by atoms with Crippen LogP contribution >= 0.6 is 0 Å². The Balaban J connectivity index is 2.02. The molecular formula is C28H38O3Si. The van der Waals surface area contributed by atoms with Crippen molar-refractivity contribution in [1.82, 2.24) is 0 Å². The van der Waals surface area contributed by atoms with Gasteiger partial charge in [-0.05, 0) is 34.7 Å². The lowest BCUT2D eigenvalue weighted by Gasteiger charge is -2.45. The minimum Gasteiger partial charge on any atom is -0.462 e. The predicted octanol–water partition coefficient (Wildman–Crippen LogP) is 5.77. The molecule has 3 nitrogen and oxygen atoms in total. The second kappa shape index (κ2) is 11.1. The molecule has 0 fully saturated rings. The maximum atomic E-state index is 12.3. The van der Waals surface area contributed by atoms with E-state index in [-0.39, 0.29) is 23.2 Å². The second-order valence-corrected chi connectivity index (χ2v) is 14.0. The molecule has 1 aliphatic heterocycles. The first-order valence-corrected chi connectivity index (χ1v) is 13.9. The quantitative estimate of drug-likeness (QED) is 0.318. The maximum absolute atomic E-state index is 12.3. The molecule has 0 radical (unpaired) electrons. The van der Waals surface area contributed by atoms with Gasteiger partial charge in [0.05, 0.1) is 6.10 Å². The first kappa shape index (κ1) is 24.5. The largest absolute Gasteiger partial charge is 0.462 e. The van der Waals surface area contributed by atoms with Crippen LogP contribution in [0.1, 0.15) is 66.2 Å². The normalized spacial score (nSPS) is 21.6. The van der Waals surface area contributed by atoms with Crippen molar-refractivity contribution in [3.8, 4) is 0 Å². The van der Waals surface area contributed by atoms with E-state index in [0.29, 0.717) is 6.42 Å². The van der Waals surface area contributed by atoms with E-state index in [0.717, 1.165) is 32.1 Å². The van der Waals surface area contributed by atoms with Crippen LogP contribution in [0.15, 0.2) is 72.8 Å². The van der Waals surface area contributed by atoms with Gasteiger partial charge in [-0.15, -0.1) is 0 Å². The maximum Gasteiger partial charge on any atom is 0.306 e. The second-order valence-electron chi connectivity index (χ2n) is 9.78. The Morgan fingerprint density at radius 3 is 2.12 bits per heavy atom. The van der Waals surface area contributed by atoms with Crippen LogP contribution in [-0.4, -0.2) is 26.5 Å². The fourth-order valence-corrected chi connectivity index (χ4v) is 9.40. The van der Waals surface area contributed by atoms with Gasteiger partial charge in [-0.25, -0.2) is 0 Å². The average molecular weight is 451 g/mol. The van der Waals surface area contributed by atoms with Gasteiger partial charge < -0.3 is 9.16 Å². The highest BCUT2D eigenvalue weighted by Gasteiger charge is 2.51. The van der Waals surface area contributed by atoms with E-state index in [2.05, 4.69) is 101 Å². The molecule has 0 N–H and O–H groups in total. The minimum atomic E-state index is -2.62. The van der Waals surface area contributed by atoms with Crippen molar-refractivity contribution in [2.24, 2.45) is 0 Å². The number of benzene rings is 2. The number of hydrogen-bond acceptors (Lipinski definition) is 3. The summed E-state index contributed by atoms with van der Waals surface area (Å²) in [6, 6.07) is 21.5. The summed E-state index contributed by atoms with van der Waals surface area (Å²) in [6.07, 6.45) is 9.02. The molecule has 2 aromatic rings. The summed E-state index contributed by atoms with van der Waals surface area (Å²) < 4.78 is 13.0. The lowest BCUT2D eigenvalue weighted by molar-refractivity contribution is -0.149. The van der Waals surface area contributed by atoms with Crippen molar-refractivity contribution >= 4 is 24.7 Å². The number of carbonyl (C=O) groups excluding carboxylic acids is 1. The lowest BCUT2D eigenvalue weighted by atomic mass is 10.1. The van der Waals surface area contributed by atoms with Gasteiger partial charge in [0.2, 0.25) is 0 Å². The van der Waals surface area contributed by atoms with E-state index in [1.165, 1.54) is 10.4 Å². The zero-order valence-corrected chi connectivity index (χ0v) is 21.1. The Bertz CT molecular complexity index is 831. The summed E-state index contributed by atoms with van der Waals surface area (Å²) in [5.74, 6) is -0.0806. The van der Waals surface area contributed by atoms with Crippen LogP contribution in [0.2, 0.25) is 5.04 Å². The molecule has 0 amide bonds. The summed E-state index contributed by atoms with van der Waals surface area (Å²) in [7, 11) is -2.62. The number of carbonyl (C=O) groups is 1. The van der Waals surface area contributed by atoms with Crippen LogP contribution in [0.3, 0.4) is 0 Å². The van der Waals surface area contributed by atoms with Crippen molar-refractivity contribution in [3.63, 3.8) is 0 Å². The van der Waals surface area contributed by atoms with Crippen LogP contribution < -0.4 is 10.4 Å². The zero-order valence-electron chi connectivity index (χ0n) is 20.1. The highest BCUT2D eigenvalue weighted by molar-refractivity contribution is 6.99. The molecule has 4 heteroatoms. The Morgan fingerprint density at radius 1 is 1.00 bits per heavy atom. The van der Waals surface area contributed by atoms with Gasteiger partial charge in [-0.3, -0.25) is 4.79 Å². The van der Waals surface area contributed by atoms with E-state index >= 15 is 0 Å². The predicted molar refractivity (Wildman–Crippen MR) is 135 cm³/mol. The van der Waals surface area contributed by atoms with E-state index in [1.54, 1.807) is 0 Å². The fourth-order valence-electron chi connectivity index (χ4n) is 4.73. The molecule has 0 saturated carbocycles. The molecule has 32 heavy (non-hydrogen) atoms. The van der Waals surface area contributed by atoms with E-state index in [9.17, 15) is 4.79 Å². The van der Waals surface area contributed by atoms with Crippen molar-refractivity contribution in [3.05, 3.63) is 72.8 Å². The summed E-state index contributed by atoms with van der Waals surface area (Å²) in [6.45, 7) is 9.04. The highest BCUT2D eigenvalue weighted by Crippen LogP contribution is 2.38. The molecular weight excluding hydrogens is 412 g/mol. The third-order valence-corrected chi connectivity index (χ3v) is 11.3. The van der Waals surface area contributed by atoms with Gasteiger partial charge in [0.15, 0.2) is 0 Å². The van der Waals surface area contributed by atoms with Gasteiger partial charge in [0.25, 0.3) is 8.32 Å². The number of hydrogen-bond donors (Lipinski definition) is 0. The summed E-state index contributed by atoms with van der Waals surface area (Å²) in [5, 5.41) is 2.50. The van der Waals surface area contributed by atoms with Gasteiger partial charge in [-0.1, -0.05) is 107 Å².